The Morgan fingerprint density at radius 3 is 2.76 bits per heavy atom. The number of fused-ring (bicyclic) bond motifs is 1. The highest BCUT2D eigenvalue weighted by atomic mass is 16.5. The lowest BCUT2D eigenvalue weighted by molar-refractivity contribution is -0.119. The fourth-order valence-corrected chi connectivity index (χ4v) is 5.11. The molecule has 1 atom stereocenters. The smallest absolute Gasteiger partial charge is 0.270 e. The Labute approximate surface area is 221 Å². The number of piperazine rings is 1. The maximum Gasteiger partial charge on any atom is 0.270 e. The molecule has 0 spiro atoms. The van der Waals surface area contributed by atoms with Crippen LogP contribution in [0.25, 0.3) is 5.65 Å². The largest absolute Gasteiger partial charge is 0.492 e. The SMILES string of the molecule is CN(Cc1cccc(OCCN2CCN(C(=O)c3cnc4ccccn4c3=O)CC2)c1)C[C@H]1CCC(=O)N1. The van der Waals surface area contributed by atoms with Gasteiger partial charge in [-0.15, -0.1) is 0 Å². The standard InChI is InChI=1S/C28H34N6O4/c1-31(20-22-8-9-26(35)30-22)19-21-5-4-6-23(17-21)38-16-15-32-11-13-33(14-12-32)27(36)24-18-29-25-7-2-3-10-34(25)28(24)37/h2-7,10,17-18,22H,8-9,11-16,19-20H2,1H3,(H,30,35)/t22-/m1/s1. The summed E-state index contributed by atoms with van der Waals surface area (Å²) in [5.74, 6) is 0.710. The van der Waals surface area contributed by atoms with Gasteiger partial charge in [0.1, 0.15) is 23.6 Å². The number of carbonyl (C=O) groups excluding carboxylic acids is 2. The van der Waals surface area contributed by atoms with Gasteiger partial charge in [-0.2, -0.15) is 0 Å². The molecule has 4 heterocycles. The molecule has 1 N–H and O–H groups in total. The zero-order chi connectivity index (χ0) is 26.5. The zero-order valence-corrected chi connectivity index (χ0v) is 21.7. The van der Waals surface area contributed by atoms with E-state index in [0.29, 0.717) is 31.8 Å². The van der Waals surface area contributed by atoms with Crippen molar-refractivity contribution in [2.24, 2.45) is 0 Å². The summed E-state index contributed by atoms with van der Waals surface area (Å²) < 4.78 is 7.43. The van der Waals surface area contributed by atoms with E-state index in [1.807, 2.05) is 18.2 Å². The Morgan fingerprint density at radius 2 is 1.97 bits per heavy atom. The van der Waals surface area contributed by atoms with Gasteiger partial charge < -0.3 is 19.9 Å². The molecular formula is C28H34N6O4. The van der Waals surface area contributed by atoms with Gasteiger partial charge in [0.25, 0.3) is 11.5 Å². The molecule has 2 amide bonds. The number of ether oxygens (including phenoxy) is 1. The average Bonchev–Trinajstić information content (AvgIpc) is 3.33. The lowest BCUT2D eigenvalue weighted by Gasteiger charge is -2.34. The van der Waals surface area contributed by atoms with Crippen LogP contribution in [0.5, 0.6) is 5.75 Å². The molecule has 0 unspecified atom stereocenters. The number of amides is 2. The summed E-state index contributed by atoms with van der Waals surface area (Å²) in [6.45, 7) is 5.48. The molecule has 10 heteroatoms. The van der Waals surface area contributed by atoms with Gasteiger partial charge in [-0.3, -0.25) is 23.7 Å². The maximum atomic E-state index is 13.0. The fraction of sp³-hybridized carbons (Fsp3) is 0.429. The number of pyridine rings is 1. The van der Waals surface area contributed by atoms with Gasteiger partial charge in [-0.05, 0) is 43.3 Å². The Kier molecular flexibility index (Phi) is 8.00. The highest BCUT2D eigenvalue weighted by Gasteiger charge is 2.25. The third kappa shape index (κ3) is 6.20. The molecule has 2 fully saturated rings. The van der Waals surface area contributed by atoms with Crippen LogP contribution in [0.15, 0.2) is 59.7 Å². The highest BCUT2D eigenvalue weighted by Crippen LogP contribution is 2.16. The van der Waals surface area contributed by atoms with Gasteiger partial charge in [0, 0.05) is 70.7 Å². The predicted octanol–water partition coefficient (Wildman–Crippen LogP) is 1.24. The lowest BCUT2D eigenvalue weighted by Crippen LogP contribution is -2.50. The van der Waals surface area contributed by atoms with Gasteiger partial charge in [0.2, 0.25) is 5.91 Å². The monoisotopic (exact) mass is 518 g/mol. The molecule has 200 valence electrons. The summed E-state index contributed by atoms with van der Waals surface area (Å²) in [7, 11) is 2.07. The van der Waals surface area contributed by atoms with Gasteiger partial charge in [0.15, 0.2) is 0 Å². The topological polar surface area (TPSA) is 99.5 Å². The Balaban J connectivity index is 1.06. The number of aromatic nitrogens is 2. The highest BCUT2D eigenvalue weighted by molar-refractivity contribution is 5.93. The second-order valence-corrected chi connectivity index (χ2v) is 10.0. The lowest BCUT2D eigenvalue weighted by atomic mass is 10.1. The van der Waals surface area contributed by atoms with E-state index < -0.39 is 0 Å². The van der Waals surface area contributed by atoms with Crippen LogP contribution < -0.4 is 15.6 Å². The Bertz CT molecular complexity index is 1350. The molecule has 2 aliphatic heterocycles. The summed E-state index contributed by atoms with van der Waals surface area (Å²) in [6, 6.07) is 13.7. The van der Waals surface area contributed by atoms with Crippen molar-refractivity contribution >= 4 is 17.5 Å². The van der Waals surface area contributed by atoms with Crippen molar-refractivity contribution in [1.82, 2.24) is 29.4 Å². The summed E-state index contributed by atoms with van der Waals surface area (Å²) >= 11 is 0. The number of benzene rings is 1. The average molecular weight is 519 g/mol. The third-order valence-electron chi connectivity index (χ3n) is 7.15. The van der Waals surface area contributed by atoms with E-state index in [1.165, 1.54) is 16.2 Å². The molecule has 2 aliphatic rings. The van der Waals surface area contributed by atoms with E-state index in [4.69, 9.17) is 4.74 Å². The zero-order valence-electron chi connectivity index (χ0n) is 21.7. The first-order valence-corrected chi connectivity index (χ1v) is 13.1. The van der Waals surface area contributed by atoms with Gasteiger partial charge in [0.05, 0.1) is 0 Å². The van der Waals surface area contributed by atoms with Crippen LogP contribution in [-0.4, -0.2) is 94.9 Å². The van der Waals surface area contributed by atoms with Gasteiger partial charge in [-0.25, -0.2) is 4.98 Å². The predicted molar refractivity (Wildman–Crippen MR) is 143 cm³/mol. The Morgan fingerprint density at radius 1 is 1.13 bits per heavy atom. The third-order valence-corrected chi connectivity index (χ3v) is 7.15. The van der Waals surface area contributed by atoms with Crippen molar-refractivity contribution in [2.45, 2.75) is 25.4 Å². The number of nitrogens with zero attached hydrogens (tertiary/aromatic N) is 5. The molecule has 10 nitrogen and oxygen atoms in total. The first kappa shape index (κ1) is 25.9. The summed E-state index contributed by atoms with van der Waals surface area (Å²) in [5, 5.41) is 3.02. The molecule has 3 aromatic rings. The maximum absolute atomic E-state index is 13.0. The molecule has 2 aromatic heterocycles. The van der Waals surface area contributed by atoms with E-state index >= 15 is 0 Å². The number of nitrogens with one attached hydrogen (secondary N) is 1. The number of likely N-dealkylation sites (N-methyl/N-ethyl adjacent to an activating group) is 1. The van der Waals surface area contributed by atoms with Crippen LogP contribution in [0.4, 0.5) is 0 Å². The number of hydrogen-bond donors (Lipinski definition) is 1. The van der Waals surface area contributed by atoms with Gasteiger partial charge >= 0.3 is 0 Å². The van der Waals surface area contributed by atoms with Crippen LogP contribution in [0.1, 0.15) is 28.8 Å². The number of rotatable bonds is 9. The van der Waals surface area contributed by atoms with Crippen molar-refractivity contribution in [2.75, 3.05) is 52.9 Å². The van der Waals surface area contributed by atoms with Crippen molar-refractivity contribution < 1.29 is 14.3 Å². The van der Waals surface area contributed by atoms with Crippen molar-refractivity contribution in [1.29, 1.82) is 0 Å². The molecule has 0 bridgehead atoms. The molecule has 5 rings (SSSR count). The first-order valence-electron chi connectivity index (χ1n) is 13.1. The minimum atomic E-state index is -0.338. The van der Waals surface area contributed by atoms with E-state index in [-0.39, 0.29) is 29.0 Å². The van der Waals surface area contributed by atoms with Crippen LogP contribution >= 0.6 is 0 Å². The quantitative estimate of drug-likeness (QED) is 0.455. The van der Waals surface area contributed by atoms with Crippen LogP contribution in [0, 0.1) is 0 Å². The number of hydrogen-bond acceptors (Lipinski definition) is 7. The van der Waals surface area contributed by atoms with E-state index in [0.717, 1.165) is 44.9 Å². The minimum Gasteiger partial charge on any atom is -0.492 e. The minimum absolute atomic E-state index is 0.101. The molecule has 0 aliphatic carbocycles. The Hall–Kier alpha value is -3.76. The van der Waals surface area contributed by atoms with E-state index in [9.17, 15) is 14.4 Å². The van der Waals surface area contributed by atoms with Gasteiger partial charge in [-0.1, -0.05) is 18.2 Å². The molecule has 38 heavy (non-hydrogen) atoms. The first-order chi connectivity index (χ1) is 18.5. The second kappa shape index (κ2) is 11.7. The van der Waals surface area contributed by atoms with Crippen LogP contribution in [0.3, 0.4) is 0 Å². The van der Waals surface area contributed by atoms with Crippen LogP contribution in [0.2, 0.25) is 0 Å². The second-order valence-electron chi connectivity index (χ2n) is 10.0. The molecule has 0 saturated carbocycles. The molecule has 0 radical (unpaired) electrons. The van der Waals surface area contributed by atoms with Crippen LogP contribution in [-0.2, 0) is 11.3 Å². The van der Waals surface area contributed by atoms with E-state index in [1.54, 1.807) is 23.2 Å². The van der Waals surface area contributed by atoms with Crippen molar-refractivity contribution in [3.8, 4) is 5.75 Å². The normalized spacial score (nSPS) is 18.2. The summed E-state index contributed by atoms with van der Waals surface area (Å²) in [4.78, 5) is 47.7. The molecular weight excluding hydrogens is 484 g/mol. The number of carbonyl (C=O) groups is 2. The van der Waals surface area contributed by atoms with Crippen molar-refractivity contribution in [3.05, 3.63) is 76.3 Å². The fourth-order valence-electron chi connectivity index (χ4n) is 5.11. The summed E-state index contributed by atoms with van der Waals surface area (Å²) in [5.41, 5.74) is 1.45. The summed E-state index contributed by atoms with van der Waals surface area (Å²) in [6.07, 6.45) is 4.53. The van der Waals surface area contributed by atoms with Crippen molar-refractivity contribution in [3.63, 3.8) is 0 Å². The molecule has 1 aromatic carbocycles. The van der Waals surface area contributed by atoms with E-state index in [2.05, 4.69) is 39.3 Å². The molecule has 2 saturated heterocycles.